The highest BCUT2D eigenvalue weighted by atomic mass is 16.5. The minimum absolute atomic E-state index is 0.190. The molecular weight excluding hydrogens is 182 g/mol. The second-order valence-corrected chi connectivity index (χ2v) is 3.05. The molecule has 0 aliphatic carbocycles. The topological polar surface area (TPSA) is 46.6 Å². The van der Waals surface area contributed by atoms with E-state index in [4.69, 9.17) is 4.74 Å². The van der Waals surface area contributed by atoms with E-state index in [1.165, 1.54) is 4.90 Å². The molecule has 72 valence electrons. The molecule has 1 aliphatic heterocycles. The molecule has 1 amide bonds. The number of fused-ring (bicyclic) bond motifs is 1. The first-order chi connectivity index (χ1) is 6.70. The number of amides is 1. The van der Waals surface area contributed by atoms with Crippen molar-refractivity contribution in [1.82, 2.24) is 0 Å². The van der Waals surface area contributed by atoms with Gasteiger partial charge >= 0.3 is 5.97 Å². The second kappa shape index (κ2) is 3.14. The molecule has 0 atom stereocenters. The average Bonchev–Trinajstić information content (AvgIpc) is 2.33. The predicted octanol–water partition coefficient (Wildman–Crippen LogP) is 0.820. The quantitative estimate of drug-likeness (QED) is 0.570. The van der Waals surface area contributed by atoms with Gasteiger partial charge in [0.05, 0.1) is 11.3 Å². The van der Waals surface area contributed by atoms with Gasteiger partial charge in [-0.05, 0) is 12.1 Å². The van der Waals surface area contributed by atoms with Crippen molar-refractivity contribution in [3.8, 4) is 0 Å². The van der Waals surface area contributed by atoms with E-state index in [0.29, 0.717) is 11.3 Å². The van der Waals surface area contributed by atoms with Crippen LogP contribution in [0.15, 0.2) is 24.3 Å². The molecule has 4 nitrogen and oxygen atoms in total. The number of para-hydroxylation sites is 1. The number of cyclic esters (lactones) is 1. The van der Waals surface area contributed by atoms with E-state index < -0.39 is 5.97 Å². The lowest BCUT2D eigenvalue weighted by Crippen LogP contribution is -2.28. The lowest BCUT2D eigenvalue weighted by molar-refractivity contribution is -0.121. The van der Waals surface area contributed by atoms with Crippen LogP contribution in [0.1, 0.15) is 10.4 Å². The van der Waals surface area contributed by atoms with Crippen LogP contribution in [0.4, 0.5) is 5.69 Å². The smallest absolute Gasteiger partial charge is 0.340 e. The number of hydrogen-bond donors (Lipinski definition) is 0. The first-order valence-corrected chi connectivity index (χ1v) is 4.23. The Morgan fingerprint density at radius 1 is 1.29 bits per heavy atom. The average molecular weight is 191 g/mol. The summed E-state index contributed by atoms with van der Waals surface area (Å²) in [6, 6.07) is 6.89. The highest BCUT2D eigenvalue weighted by Crippen LogP contribution is 2.22. The molecule has 14 heavy (non-hydrogen) atoms. The second-order valence-electron chi connectivity index (χ2n) is 3.05. The fourth-order valence-corrected chi connectivity index (χ4v) is 1.37. The van der Waals surface area contributed by atoms with Crippen molar-refractivity contribution in [3.05, 3.63) is 29.8 Å². The summed E-state index contributed by atoms with van der Waals surface area (Å²) in [5.41, 5.74) is 1.03. The Kier molecular flexibility index (Phi) is 1.96. The summed E-state index contributed by atoms with van der Waals surface area (Å²) in [7, 11) is 1.63. The largest absolute Gasteiger partial charge is 0.452 e. The fourth-order valence-electron chi connectivity index (χ4n) is 1.37. The SMILES string of the molecule is CN1C(=O)COC(=O)c2ccccc21. The molecule has 1 aromatic carbocycles. The standard InChI is InChI=1S/C10H9NO3/c1-11-8-5-3-2-4-7(8)10(13)14-6-9(11)12/h2-5H,6H2,1H3. The van der Waals surface area contributed by atoms with Gasteiger partial charge in [0.1, 0.15) is 0 Å². The third-order valence-electron chi connectivity index (χ3n) is 2.19. The van der Waals surface area contributed by atoms with E-state index in [1.54, 1.807) is 31.3 Å². The highest BCUT2D eigenvalue weighted by Gasteiger charge is 2.24. The molecule has 1 aliphatic rings. The Bertz CT molecular complexity index is 400. The summed E-state index contributed by atoms with van der Waals surface area (Å²) in [6.07, 6.45) is 0. The Morgan fingerprint density at radius 3 is 2.79 bits per heavy atom. The van der Waals surface area contributed by atoms with Gasteiger partial charge in [0.2, 0.25) is 0 Å². The number of hydrogen-bond acceptors (Lipinski definition) is 3. The van der Waals surface area contributed by atoms with E-state index in [2.05, 4.69) is 0 Å². The van der Waals surface area contributed by atoms with E-state index in [0.717, 1.165) is 0 Å². The Labute approximate surface area is 81.1 Å². The number of nitrogens with zero attached hydrogens (tertiary/aromatic N) is 1. The van der Waals surface area contributed by atoms with Crippen molar-refractivity contribution in [2.45, 2.75) is 0 Å². The van der Waals surface area contributed by atoms with Gasteiger partial charge < -0.3 is 9.64 Å². The first kappa shape index (κ1) is 8.74. The summed E-state index contributed by atoms with van der Waals surface area (Å²) >= 11 is 0. The van der Waals surface area contributed by atoms with Crippen LogP contribution < -0.4 is 4.90 Å². The zero-order valence-electron chi connectivity index (χ0n) is 7.69. The number of likely N-dealkylation sites (N-methyl/N-ethyl adjacent to an activating group) is 1. The van der Waals surface area contributed by atoms with E-state index >= 15 is 0 Å². The van der Waals surface area contributed by atoms with Gasteiger partial charge in [0.25, 0.3) is 5.91 Å². The van der Waals surface area contributed by atoms with Crippen LogP contribution in [0.25, 0.3) is 0 Å². The van der Waals surface area contributed by atoms with E-state index in [9.17, 15) is 9.59 Å². The lowest BCUT2D eigenvalue weighted by Gasteiger charge is -2.14. The number of esters is 1. The van der Waals surface area contributed by atoms with Crippen LogP contribution in [0.3, 0.4) is 0 Å². The van der Waals surface area contributed by atoms with Crippen LogP contribution in [0.2, 0.25) is 0 Å². The molecule has 0 N–H and O–H groups in total. The zero-order valence-corrected chi connectivity index (χ0v) is 7.69. The van der Waals surface area contributed by atoms with Gasteiger partial charge in [-0.3, -0.25) is 4.79 Å². The monoisotopic (exact) mass is 191 g/mol. The maximum Gasteiger partial charge on any atom is 0.340 e. The van der Waals surface area contributed by atoms with Gasteiger partial charge in [-0.1, -0.05) is 12.1 Å². The number of benzene rings is 1. The van der Waals surface area contributed by atoms with Gasteiger partial charge in [-0.2, -0.15) is 0 Å². The van der Waals surface area contributed by atoms with Crippen LogP contribution in [0.5, 0.6) is 0 Å². The van der Waals surface area contributed by atoms with Crippen LogP contribution >= 0.6 is 0 Å². The number of carbonyl (C=O) groups excluding carboxylic acids is 2. The number of anilines is 1. The maximum atomic E-state index is 11.4. The Balaban J connectivity index is 2.57. The minimum Gasteiger partial charge on any atom is -0.452 e. The molecule has 1 aromatic rings. The number of rotatable bonds is 0. The Morgan fingerprint density at radius 2 is 2.00 bits per heavy atom. The van der Waals surface area contributed by atoms with Gasteiger partial charge in [-0.25, -0.2) is 4.79 Å². The Hall–Kier alpha value is -1.84. The molecule has 0 unspecified atom stereocenters. The van der Waals surface area contributed by atoms with E-state index in [-0.39, 0.29) is 12.5 Å². The molecule has 0 spiro atoms. The minimum atomic E-state index is -0.446. The lowest BCUT2D eigenvalue weighted by atomic mass is 10.1. The fraction of sp³-hybridized carbons (Fsp3) is 0.200. The van der Waals surface area contributed by atoms with Crippen molar-refractivity contribution < 1.29 is 14.3 Å². The van der Waals surface area contributed by atoms with Crippen molar-refractivity contribution in [3.63, 3.8) is 0 Å². The third-order valence-corrected chi connectivity index (χ3v) is 2.19. The molecule has 0 aromatic heterocycles. The van der Waals surface area contributed by atoms with Crippen molar-refractivity contribution in [1.29, 1.82) is 0 Å². The van der Waals surface area contributed by atoms with Crippen molar-refractivity contribution in [2.24, 2.45) is 0 Å². The van der Waals surface area contributed by atoms with Gasteiger partial charge in [0.15, 0.2) is 6.61 Å². The number of ether oxygens (including phenoxy) is 1. The molecule has 0 saturated carbocycles. The maximum absolute atomic E-state index is 11.4. The molecule has 2 rings (SSSR count). The first-order valence-electron chi connectivity index (χ1n) is 4.23. The van der Waals surface area contributed by atoms with Gasteiger partial charge in [-0.15, -0.1) is 0 Å². The summed E-state index contributed by atoms with van der Waals surface area (Å²) in [5.74, 6) is -0.665. The summed E-state index contributed by atoms with van der Waals surface area (Å²) < 4.78 is 4.78. The molecule has 0 radical (unpaired) electrons. The predicted molar refractivity (Wildman–Crippen MR) is 50.1 cm³/mol. The van der Waals surface area contributed by atoms with Crippen LogP contribution in [-0.2, 0) is 9.53 Å². The summed E-state index contributed by atoms with van der Waals surface area (Å²) in [5, 5.41) is 0. The van der Waals surface area contributed by atoms with Crippen LogP contribution in [0, 0.1) is 0 Å². The molecule has 0 bridgehead atoms. The van der Waals surface area contributed by atoms with Crippen molar-refractivity contribution >= 4 is 17.6 Å². The summed E-state index contributed by atoms with van der Waals surface area (Å²) in [6.45, 7) is -0.190. The molecule has 0 fully saturated rings. The zero-order chi connectivity index (χ0) is 10.1. The normalized spacial score (nSPS) is 15.9. The number of carbonyl (C=O) groups is 2. The van der Waals surface area contributed by atoms with Gasteiger partial charge in [0, 0.05) is 7.05 Å². The molecule has 4 heteroatoms. The molecule has 1 heterocycles. The summed E-state index contributed by atoms with van der Waals surface area (Å²) in [4.78, 5) is 24.2. The molecule has 0 saturated heterocycles. The molecular formula is C10H9NO3. The van der Waals surface area contributed by atoms with E-state index in [1.807, 2.05) is 0 Å². The highest BCUT2D eigenvalue weighted by molar-refractivity contribution is 6.06. The van der Waals surface area contributed by atoms with Crippen molar-refractivity contribution in [2.75, 3.05) is 18.6 Å². The third kappa shape index (κ3) is 1.25. The van der Waals surface area contributed by atoms with Crippen LogP contribution in [-0.4, -0.2) is 25.5 Å².